The summed E-state index contributed by atoms with van der Waals surface area (Å²) in [6, 6.07) is 28.8. The Morgan fingerprint density at radius 3 is 2.30 bits per heavy atom. The molecule has 3 heteroatoms. The van der Waals surface area contributed by atoms with Crippen molar-refractivity contribution in [2.75, 3.05) is 4.90 Å². The van der Waals surface area contributed by atoms with Crippen molar-refractivity contribution in [1.29, 1.82) is 0 Å². The van der Waals surface area contributed by atoms with Gasteiger partial charge in [-0.2, -0.15) is 0 Å². The summed E-state index contributed by atoms with van der Waals surface area (Å²) >= 11 is 0. The standard InChI is InChI=1S/C27H23NO2/c1-27(2)21-14-8-9-15-22(21)28(26(30)19-11-4-3-5-12-19)25(27)24-20-13-7-6-10-18(20)16-17-23(24)29/h3-17,25,29H,1-2H3. The van der Waals surface area contributed by atoms with Crippen molar-refractivity contribution in [3.05, 3.63) is 108 Å². The number of carbonyl (C=O) groups is 1. The van der Waals surface area contributed by atoms with E-state index >= 15 is 0 Å². The topological polar surface area (TPSA) is 40.5 Å². The van der Waals surface area contributed by atoms with Crippen LogP contribution < -0.4 is 4.90 Å². The van der Waals surface area contributed by atoms with E-state index in [0.717, 1.165) is 27.6 Å². The number of fused-ring (bicyclic) bond motifs is 2. The number of carbonyl (C=O) groups excluding carboxylic acids is 1. The van der Waals surface area contributed by atoms with Crippen LogP contribution in [0.1, 0.15) is 41.4 Å². The average molecular weight is 393 g/mol. The van der Waals surface area contributed by atoms with Gasteiger partial charge in [-0.3, -0.25) is 9.69 Å². The predicted molar refractivity (Wildman–Crippen MR) is 121 cm³/mol. The third-order valence-electron chi connectivity index (χ3n) is 6.26. The molecule has 1 unspecified atom stereocenters. The highest BCUT2D eigenvalue weighted by Gasteiger charge is 2.49. The SMILES string of the molecule is CC1(C)c2ccccc2N(C(=O)c2ccccc2)C1c1c(O)ccc2ccccc12. The molecule has 0 aliphatic carbocycles. The molecule has 148 valence electrons. The van der Waals surface area contributed by atoms with E-state index in [1.54, 1.807) is 6.07 Å². The van der Waals surface area contributed by atoms with Gasteiger partial charge in [-0.25, -0.2) is 0 Å². The van der Waals surface area contributed by atoms with Crippen LogP contribution in [0.15, 0.2) is 91.0 Å². The molecule has 5 rings (SSSR count). The van der Waals surface area contributed by atoms with Crippen molar-refractivity contribution in [1.82, 2.24) is 0 Å². The normalized spacial score (nSPS) is 17.1. The molecule has 0 fully saturated rings. The van der Waals surface area contributed by atoms with Crippen LogP contribution >= 0.6 is 0 Å². The summed E-state index contributed by atoms with van der Waals surface area (Å²) in [5.74, 6) is 0.149. The van der Waals surface area contributed by atoms with E-state index in [1.165, 1.54) is 0 Å². The smallest absolute Gasteiger partial charge is 0.258 e. The first-order valence-electron chi connectivity index (χ1n) is 10.2. The number of nitrogens with zero attached hydrogens (tertiary/aromatic N) is 1. The maximum atomic E-state index is 13.8. The Morgan fingerprint density at radius 1 is 0.833 bits per heavy atom. The van der Waals surface area contributed by atoms with Crippen LogP contribution in [0.25, 0.3) is 10.8 Å². The molecule has 1 aliphatic rings. The number of amides is 1. The molecule has 0 saturated heterocycles. The molecule has 1 N–H and O–H groups in total. The summed E-state index contributed by atoms with van der Waals surface area (Å²) < 4.78 is 0. The van der Waals surface area contributed by atoms with Crippen LogP contribution in [-0.2, 0) is 5.41 Å². The minimum atomic E-state index is -0.386. The van der Waals surface area contributed by atoms with Crippen LogP contribution in [0.5, 0.6) is 5.75 Å². The second-order valence-corrected chi connectivity index (χ2v) is 8.40. The van der Waals surface area contributed by atoms with Crippen molar-refractivity contribution in [3.63, 3.8) is 0 Å². The Balaban J connectivity index is 1.80. The molecule has 1 heterocycles. The van der Waals surface area contributed by atoms with Crippen molar-refractivity contribution >= 4 is 22.4 Å². The van der Waals surface area contributed by atoms with Crippen molar-refractivity contribution in [2.45, 2.75) is 25.3 Å². The average Bonchev–Trinajstić information content (AvgIpc) is 3.01. The first-order valence-corrected chi connectivity index (χ1v) is 10.2. The van der Waals surface area contributed by atoms with E-state index in [9.17, 15) is 9.90 Å². The van der Waals surface area contributed by atoms with Gasteiger partial charge < -0.3 is 5.11 Å². The Kier molecular flexibility index (Phi) is 4.14. The van der Waals surface area contributed by atoms with Crippen LogP contribution in [0.2, 0.25) is 0 Å². The molecule has 3 nitrogen and oxygen atoms in total. The lowest BCUT2D eigenvalue weighted by Crippen LogP contribution is -2.38. The Bertz CT molecular complexity index is 1260. The first kappa shape index (κ1) is 18.4. The third kappa shape index (κ3) is 2.62. The second kappa shape index (κ2) is 6.74. The molecule has 0 aromatic heterocycles. The fraction of sp³-hybridized carbons (Fsp3) is 0.148. The number of hydrogen-bond donors (Lipinski definition) is 1. The van der Waals surface area contributed by atoms with Crippen LogP contribution in [0.3, 0.4) is 0 Å². The zero-order valence-electron chi connectivity index (χ0n) is 17.0. The fourth-order valence-corrected chi connectivity index (χ4v) is 4.85. The van der Waals surface area contributed by atoms with E-state index in [-0.39, 0.29) is 23.1 Å². The van der Waals surface area contributed by atoms with Gasteiger partial charge in [0.05, 0.1) is 6.04 Å². The monoisotopic (exact) mass is 393 g/mol. The first-order chi connectivity index (χ1) is 14.5. The Morgan fingerprint density at radius 2 is 1.50 bits per heavy atom. The van der Waals surface area contributed by atoms with Gasteiger partial charge in [-0.1, -0.05) is 80.6 Å². The number of phenols is 1. The summed E-state index contributed by atoms with van der Waals surface area (Å²) in [6.45, 7) is 4.30. The molecule has 0 bridgehead atoms. The highest BCUT2D eigenvalue weighted by molar-refractivity contribution is 6.09. The summed E-state index contributed by atoms with van der Waals surface area (Å²) in [7, 11) is 0. The number of phenolic OH excluding ortho intramolecular Hbond substituents is 1. The van der Waals surface area contributed by atoms with E-state index in [4.69, 9.17) is 0 Å². The molecule has 4 aromatic rings. The Hall–Kier alpha value is -3.59. The maximum Gasteiger partial charge on any atom is 0.258 e. The summed E-state index contributed by atoms with van der Waals surface area (Å²) in [6.07, 6.45) is 0. The molecular weight excluding hydrogens is 370 g/mol. The van der Waals surface area contributed by atoms with E-state index in [2.05, 4.69) is 19.9 Å². The third-order valence-corrected chi connectivity index (χ3v) is 6.26. The largest absolute Gasteiger partial charge is 0.508 e. The van der Waals surface area contributed by atoms with Gasteiger partial charge in [0.15, 0.2) is 0 Å². The zero-order valence-corrected chi connectivity index (χ0v) is 17.0. The second-order valence-electron chi connectivity index (χ2n) is 8.40. The van der Waals surface area contributed by atoms with Gasteiger partial charge in [0.25, 0.3) is 5.91 Å². The van der Waals surface area contributed by atoms with Gasteiger partial charge in [0.1, 0.15) is 5.75 Å². The van der Waals surface area contributed by atoms with E-state index in [1.807, 2.05) is 83.8 Å². The van der Waals surface area contributed by atoms with Gasteiger partial charge in [0, 0.05) is 22.2 Å². The summed E-state index contributed by atoms with van der Waals surface area (Å²) in [5, 5.41) is 13.0. The van der Waals surface area contributed by atoms with Gasteiger partial charge in [0.2, 0.25) is 0 Å². The lowest BCUT2D eigenvalue weighted by Gasteiger charge is -2.35. The molecular formula is C27H23NO2. The quantitative estimate of drug-likeness (QED) is 0.439. The van der Waals surface area contributed by atoms with Crippen LogP contribution in [0, 0.1) is 0 Å². The van der Waals surface area contributed by atoms with Gasteiger partial charge in [-0.05, 0) is 40.6 Å². The number of aromatic hydroxyl groups is 1. The molecule has 1 amide bonds. The predicted octanol–water partition coefficient (Wildman–Crippen LogP) is 6.22. The minimum Gasteiger partial charge on any atom is -0.508 e. The number of benzene rings is 4. The van der Waals surface area contributed by atoms with E-state index in [0.29, 0.717) is 5.56 Å². The molecule has 0 radical (unpaired) electrons. The lowest BCUT2D eigenvalue weighted by atomic mass is 9.76. The number of anilines is 1. The van der Waals surface area contributed by atoms with E-state index < -0.39 is 0 Å². The van der Waals surface area contributed by atoms with Crippen LogP contribution in [-0.4, -0.2) is 11.0 Å². The number of rotatable bonds is 2. The molecule has 4 aromatic carbocycles. The summed E-state index contributed by atoms with van der Waals surface area (Å²) in [4.78, 5) is 15.6. The van der Waals surface area contributed by atoms with Crippen molar-refractivity contribution < 1.29 is 9.90 Å². The minimum absolute atomic E-state index is 0.0639. The molecule has 30 heavy (non-hydrogen) atoms. The molecule has 0 spiro atoms. The maximum absolute atomic E-state index is 13.8. The Labute approximate surface area is 176 Å². The highest BCUT2D eigenvalue weighted by atomic mass is 16.3. The molecule has 1 aliphatic heterocycles. The number of hydrogen-bond acceptors (Lipinski definition) is 2. The molecule has 0 saturated carbocycles. The van der Waals surface area contributed by atoms with Gasteiger partial charge in [-0.15, -0.1) is 0 Å². The summed E-state index contributed by atoms with van der Waals surface area (Å²) in [5.41, 5.74) is 3.04. The van der Waals surface area contributed by atoms with Crippen molar-refractivity contribution in [3.8, 4) is 5.75 Å². The molecule has 1 atom stereocenters. The lowest BCUT2D eigenvalue weighted by molar-refractivity contribution is 0.0971. The van der Waals surface area contributed by atoms with Crippen molar-refractivity contribution in [2.24, 2.45) is 0 Å². The number of para-hydroxylation sites is 1. The van der Waals surface area contributed by atoms with Gasteiger partial charge >= 0.3 is 0 Å². The highest BCUT2D eigenvalue weighted by Crippen LogP contribution is 2.55. The van der Waals surface area contributed by atoms with Crippen LogP contribution in [0.4, 0.5) is 5.69 Å². The zero-order chi connectivity index (χ0) is 20.9. The fourth-order valence-electron chi connectivity index (χ4n) is 4.85.